The molecule has 1 fully saturated rings. The number of likely N-dealkylation sites (N-methyl/N-ethyl adjacent to an activating group) is 1. The maximum Gasteiger partial charge on any atom is 0.410 e. The summed E-state index contributed by atoms with van der Waals surface area (Å²) >= 11 is 0. The van der Waals surface area contributed by atoms with Gasteiger partial charge >= 0.3 is 6.09 Å². The third-order valence-electron chi connectivity index (χ3n) is 8.91. The lowest BCUT2D eigenvalue weighted by Crippen LogP contribution is -2.58. The number of ketones is 1. The molecule has 0 aliphatic carbocycles. The number of aromatic hydroxyl groups is 1. The number of nitrogens with zero attached hydrogens (tertiary/aromatic N) is 2. The van der Waals surface area contributed by atoms with Crippen LogP contribution in [0.1, 0.15) is 96.0 Å². The van der Waals surface area contributed by atoms with E-state index in [2.05, 4.69) is 50.8 Å². The smallest absolute Gasteiger partial charge is 0.410 e. The van der Waals surface area contributed by atoms with E-state index in [0.29, 0.717) is 18.4 Å². The van der Waals surface area contributed by atoms with Crippen molar-refractivity contribution < 1.29 is 33.0 Å². The standard InChI is InChI=1S/C33H50FN3O7Si/c1-11-24(44-45(9,10)32(5,6)7)25-18-19-33(20-42-25,37(8)30(41)43-31(2,3)4)29-35-26(27(39)28(40)36-29)23(38)17-14-21-12-15-22(34)16-13-21/h12-13,15-16,24-25,39H,11,14,17-20H2,1-10H3,(H,35,36,40). The molecule has 2 N–H and O–H groups in total. The normalized spacial score (nSPS) is 20.0. The summed E-state index contributed by atoms with van der Waals surface area (Å²) < 4.78 is 32.2. The molecular formula is C33H50FN3O7Si. The summed E-state index contributed by atoms with van der Waals surface area (Å²) in [4.78, 5) is 48.2. The Hall–Kier alpha value is -3.09. The number of nitrogens with one attached hydrogen (secondary N) is 1. The predicted molar refractivity (Wildman–Crippen MR) is 173 cm³/mol. The van der Waals surface area contributed by atoms with E-state index < -0.39 is 54.2 Å². The van der Waals surface area contributed by atoms with Gasteiger partial charge in [0.2, 0.25) is 5.75 Å². The number of amides is 1. The molecule has 0 spiro atoms. The second kappa shape index (κ2) is 13.7. The Morgan fingerprint density at radius 1 is 1.20 bits per heavy atom. The molecular weight excluding hydrogens is 597 g/mol. The summed E-state index contributed by atoms with van der Waals surface area (Å²) in [5, 5.41) is 10.6. The molecule has 3 rings (SSSR count). The molecule has 3 atom stereocenters. The second-order valence-electron chi connectivity index (χ2n) is 14.4. The van der Waals surface area contributed by atoms with E-state index in [9.17, 15) is 23.9 Å². The molecule has 0 saturated carbocycles. The molecule has 250 valence electrons. The Bertz CT molecular complexity index is 1410. The maximum atomic E-state index is 13.4. The Kier molecular flexibility index (Phi) is 11.1. The summed E-state index contributed by atoms with van der Waals surface area (Å²) in [7, 11) is -0.571. The third kappa shape index (κ3) is 8.59. The fraction of sp³-hybridized carbons (Fsp3) is 0.636. The number of halogens is 1. The summed E-state index contributed by atoms with van der Waals surface area (Å²) in [6.07, 6.45) is 0.590. The van der Waals surface area contributed by atoms with Gasteiger partial charge in [-0.15, -0.1) is 0 Å². The largest absolute Gasteiger partial charge is 0.501 e. The number of hydrogen-bond acceptors (Lipinski definition) is 8. The molecule has 10 nitrogen and oxygen atoms in total. The minimum absolute atomic E-state index is 0.00482. The van der Waals surface area contributed by atoms with Crippen molar-refractivity contribution in [3.05, 3.63) is 57.5 Å². The lowest BCUT2D eigenvalue weighted by molar-refractivity contribution is -0.123. The van der Waals surface area contributed by atoms with Gasteiger partial charge in [-0.05, 0) is 82.3 Å². The first-order valence-corrected chi connectivity index (χ1v) is 18.5. The first-order valence-electron chi connectivity index (χ1n) is 15.6. The number of Topliss-reactive ketones (excluding diaryl/α,β-unsaturated/α-hetero) is 1. The van der Waals surface area contributed by atoms with Crippen LogP contribution in [0.15, 0.2) is 29.1 Å². The molecule has 45 heavy (non-hydrogen) atoms. The van der Waals surface area contributed by atoms with Gasteiger partial charge in [0.15, 0.2) is 19.8 Å². The molecule has 2 heterocycles. The number of aryl methyl sites for hydroxylation is 1. The van der Waals surface area contributed by atoms with E-state index in [-0.39, 0.29) is 42.5 Å². The molecule has 2 aromatic rings. The zero-order valence-corrected chi connectivity index (χ0v) is 29.4. The third-order valence-corrected chi connectivity index (χ3v) is 13.4. The number of ether oxygens (including phenoxy) is 2. The van der Waals surface area contributed by atoms with Crippen LogP contribution in [0.4, 0.5) is 9.18 Å². The van der Waals surface area contributed by atoms with Gasteiger partial charge in [-0.3, -0.25) is 14.5 Å². The van der Waals surface area contributed by atoms with Crippen LogP contribution in [0.5, 0.6) is 5.75 Å². The van der Waals surface area contributed by atoms with Crippen molar-refractivity contribution >= 4 is 20.2 Å². The van der Waals surface area contributed by atoms with Crippen LogP contribution in [0.3, 0.4) is 0 Å². The van der Waals surface area contributed by atoms with Crippen LogP contribution in [0, 0.1) is 5.82 Å². The van der Waals surface area contributed by atoms with E-state index >= 15 is 0 Å². The zero-order valence-electron chi connectivity index (χ0n) is 28.4. The van der Waals surface area contributed by atoms with Gasteiger partial charge in [-0.1, -0.05) is 39.8 Å². The van der Waals surface area contributed by atoms with Gasteiger partial charge in [0, 0.05) is 13.5 Å². The Morgan fingerprint density at radius 2 is 1.82 bits per heavy atom. The molecule has 1 aromatic carbocycles. The molecule has 12 heteroatoms. The molecule has 0 radical (unpaired) electrons. The monoisotopic (exact) mass is 647 g/mol. The first kappa shape index (κ1) is 36.4. The van der Waals surface area contributed by atoms with Crippen LogP contribution in [0.25, 0.3) is 0 Å². The van der Waals surface area contributed by atoms with E-state index in [0.717, 1.165) is 6.42 Å². The topological polar surface area (TPSA) is 131 Å². The number of hydrogen-bond donors (Lipinski definition) is 2. The van der Waals surface area contributed by atoms with Crippen LogP contribution in [0.2, 0.25) is 18.1 Å². The summed E-state index contributed by atoms with van der Waals surface area (Å²) in [6, 6.07) is 5.73. The molecule has 1 saturated heterocycles. The molecule has 1 aliphatic rings. The van der Waals surface area contributed by atoms with Gasteiger partial charge in [-0.2, -0.15) is 0 Å². The van der Waals surface area contributed by atoms with Gasteiger partial charge in [0.25, 0.3) is 5.56 Å². The van der Waals surface area contributed by atoms with Gasteiger partial charge < -0.3 is 24.0 Å². The second-order valence-corrected chi connectivity index (χ2v) is 19.2. The SMILES string of the molecule is CCC(O[Si](C)(C)C(C)(C)C)C1CCC(c2nc(C(=O)CCc3ccc(F)cc3)c(O)c(=O)[nH]2)(N(C)C(=O)OC(C)(C)C)CO1. The number of carbonyl (C=O) groups excluding carboxylic acids is 2. The van der Waals surface area contributed by atoms with Crippen molar-refractivity contribution in [3.8, 4) is 5.75 Å². The minimum atomic E-state index is -2.12. The average molecular weight is 648 g/mol. The fourth-order valence-electron chi connectivity index (χ4n) is 5.08. The highest BCUT2D eigenvalue weighted by atomic mass is 28.4. The van der Waals surface area contributed by atoms with Crippen molar-refractivity contribution in [1.82, 2.24) is 14.9 Å². The summed E-state index contributed by atoms with van der Waals surface area (Å²) in [5.41, 5.74) is -2.70. The molecule has 1 amide bonds. The maximum absolute atomic E-state index is 13.4. The number of aromatic nitrogens is 2. The Morgan fingerprint density at radius 3 is 2.33 bits per heavy atom. The molecule has 1 aliphatic heterocycles. The fourth-order valence-corrected chi connectivity index (χ4v) is 6.51. The Balaban J connectivity index is 1.98. The van der Waals surface area contributed by atoms with Crippen molar-refractivity contribution in [2.24, 2.45) is 0 Å². The van der Waals surface area contributed by atoms with Crippen molar-refractivity contribution in [3.63, 3.8) is 0 Å². The van der Waals surface area contributed by atoms with E-state index in [1.807, 2.05) is 0 Å². The zero-order chi connectivity index (χ0) is 34.0. The lowest BCUT2D eigenvalue weighted by Gasteiger charge is -2.47. The Labute approximate surface area is 266 Å². The molecule has 1 aromatic heterocycles. The van der Waals surface area contributed by atoms with Crippen LogP contribution >= 0.6 is 0 Å². The van der Waals surface area contributed by atoms with Crippen LogP contribution in [-0.4, -0.2) is 71.6 Å². The van der Waals surface area contributed by atoms with Crippen molar-refractivity contribution in [2.45, 2.75) is 122 Å². The highest BCUT2D eigenvalue weighted by Crippen LogP contribution is 2.42. The summed E-state index contributed by atoms with van der Waals surface area (Å²) in [5.74, 6) is -1.75. The first-order chi connectivity index (χ1) is 20.7. The van der Waals surface area contributed by atoms with Gasteiger partial charge in [0.1, 0.15) is 22.8 Å². The number of aromatic amines is 1. The summed E-state index contributed by atoms with van der Waals surface area (Å²) in [6.45, 7) is 18.2. The minimum Gasteiger partial charge on any atom is -0.501 e. The van der Waals surface area contributed by atoms with E-state index in [4.69, 9.17) is 13.9 Å². The van der Waals surface area contributed by atoms with Crippen LogP contribution in [-0.2, 0) is 25.9 Å². The quantitative estimate of drug-likeness (QED) is 0.222. The van der Waals surface area contributed by atoms with Crippen LogP contribution < -0.4 is 5.56 Å². The molecule has 0 bridgehead atoms. The average Bonchev–Trinajstić information content (AvgIpc) is 2.95. The highest BCUT2D eigenvalue weighted by molar-refractivity contribution is 6.74. The number of benzene rings is 1. The molecule has 3 unspecified atom stereocenters. The van der Waals surface area contributed by atoms with Gasteiger partial charge in [-0.25, -0.2) is 14.2 Å². The number of H-pyrrole nitrogens is 1. The predicted octanol–water partition coefficient (Wildman–Crippen LogP) is 6.47. The highest BCUT2D eigenvalue weighted by Gasteiger charge is 2.49. The number of rotatable bonds is 10. The van der Waals surface area contributed by atoms with E-state index in [1.54, 1.807) is 40.0 Å². The van der Waals surface area contributed by atoms with E-state index in [1.165, 1.54) is 17.0 Å². The van der Waals surface area contributed by atoms with Gasteiger partial charge in [0.05, 0.1) is 18.8 Å². The van der Waals surface area contributed by atoms with Crippen molar-refractivity contribution in [1.29, 1.82) is 0 Å². The lowest BCUT2D eigenvalue weighted by atomic mass is 9.85. The number of carbonyl (C=O) groups is 2. The van der Waals surface area contributed by atoms with Crippen molar-refractivity contribution in [2.75, 3.05) is 13.7 Å².